The van der Waals surface area contributed by atoms with Crippen LogP contribution in [0.5, 0.6) is 0 Å². The maximum absolute atomic E-state index is 12.2. The summed E-state index contributed by atoms with van der Waals surface area (Å²) in [7, 11) is 0. The predicted molar refractivity (Wildman–Crippen MR) is 91.9 cm³/mol. The van der Waals surface area contributed by atoms with Crippen LogP contribution in [0.4, 0.5) is 0 Å². The van der Waals surface area contributed by atoms with Crippen LogP contribution in [-0.2, 0) is 9.59 Å². The molecule has 23 heavy (non-hydrogen) atoms. The molecule has 0 aliphatic heterocycles. The van der Waals surface area contributed by atoms with E-state index in [0.717, 1.165) is 18.4 Å². The molecule has 0 bridgehead atoms. The minimum atomic E-state index is -0.0100. The van der Waals surface area contributed by atoms with Crippen molar-refractivity contribution in [2.24, 2.45) is 0 Å². The molecular weight excluding hydrogens is 288 g/mol. The summed E-state index contributed by atoms with van der Waals surface area (Å²) < 4.78 is 0. The summed E-state index contributed by atoms with van der Waals surface area (Å²) in [5, 5.41) is 3.02. The molecule has 1 aliphatic rings. The Labute approximate surface area is 139 Å². The van der Waals surface area contributed by atoms with Gasteiger partial charge in [-0.05, 0) is 25.3 Å². The Morgan fingerprint density at radius 3 is 2.43 bits per heavy atom. The van der Waals surface area contributed by atoms with E-state index in [1.165, 1.54) is 19.3 Å². The van der Waals surface area contributed by atoms with Crippen molar-refractivity contribution in [1.82, 2.24) is 10.2 Å². The van der Waals surface area contributed by atoms with Gasteiger partial charge >= 0.3 is 0 Å². The van der Waals surface area contributed by atoms with Crippen molar-refractivity contribution in [3.63, 3.8) is 0 Å². The van der Waals surface area contributed by atoms with Crippen molar-refractivity contribution >= 4 is 11.8 Å². The van der Waals surface area contributed by atoms with Crippen LogP contribution in [0.3, 0.4) is 0 Å². The Morgan fingerprint density at radius 1 is 1.17 bits per heavy atom. The fourth-order valence-electron chi connectivity index (χ4n) is 3.35. The highest BCUT2D eigenvalue weighted by atomic mass is 16.2. The minimum Gasteiger partial charge on any atom is -0.350 e. The Morgan fingerprint density at radius 2 is 1.83 bits per heavy atom. The third-order valence-electron chi connectivity index (χ3n) is 4.68. The number of nitrogens with zero attached hydrogens (tertiary/aromatic N) is 1. The third kappa shape index (κ3) is 5.38. The van der Waals surface area contributed by atoms with Gasteiger partial charge in [-0.1, -0.05) is 49.6 Å². The molecule has 1 saturated carbocycles. The molecular formula is C19H28N2O2. The van der Waals surface area contributed by atoms with E-state index in [1.807, 2.05) is 42.2 Å². The highest BCUT2D eigenvalue weighted by molar-refractivity contribution is 5.78. The first-order valence-corrected chi connectivity index (χ1v) is 8.69. The molecule has 1 aliphatic carbocycles. The summed E-state index contributed by atoms with van der Waals surface area (Å²) in [6, 6.07) is 10.2. The Kier molecular flexibility index (Phi) is 6.63. The molecule has 2 rings (SSSR count). The molecule has 1 unspecified atom stereocenters. The van der Waals surface area contributed by atoms with E-state index in [9.17, 15) is 9.59 Å². The van der Waals surface area contributed by atoms with Crippen LogP contribution in [0.15, 0.2) is 30.3 Å². The second-order valence-electron chi connectivity index (χ2n) is 6.45. The summed E-state index contributed by atoms with van der Waals surface area (Å²) in [6.07, 6.45) is 6.14. The first-order chi connectivity index (χ1) is 11.1. The number of hydrogen-bond donors (Lipinski definition) is 1. The lowest BCUT2D eigenvalue weighted by Gasteiger charge is -2.33. The quantitative estimate of drug-likeness (QED) is 0.874. The monoisotopic (exact) mass is 316 g/mol. The predicted octanol–water partition coefficient (Wildman–Crippen LogP) is 3.44. The van der Waals surface area contributed by atoms with Gasteiger partial charge in [0.25, 0.3) is 0 Å². The van der Waals surface area contributed by atoms with Gasteiger partial charge in [0.2, 0.25) is 11.8 Å². The topological polar surface area (TPSA) is 49.4 Å². The standard InChI is InChI=1S/C19H28N2O2/c1-15(17-9-5-3-6-10-17)20-19(23)13-14-21(16(2)22)18-11-7-4-8-12-18/h3,5-6,9-10,15,18H,4,7-8,11-14H2,1-2H3,(H,20,23). The SMILES string of the molecule is CC(=O)N(CCC(=O)NC(C)c1ccccc1)C1CCCCC1. The fraction of sp³-hybridized carbons (Fsp3) is 0.579. The number of benzene rings is 1. The molecule has 0 aromatic heterocycles. The van der Waals surface area contributed by atoms with Gasteiger partial charge in [0, 0.05) is 25.9 Å². The van der Waals surface area contributed by atoms with E-state index < -0.39 is 0 Å². The van der Waals surface area contributed by atoms with Crippen molar-refractivity contribution < 1.29 is 9.59 Å². The van der Waals surface area contributed by atoms with Crippen LogP contribution >= 0.6 is 0 Å². The minimum absolute atomic E-state index is 0.00316. The number of amides is 2. The van der Waals surface area contributed by atoms with Gasteiger partial charge in [-0.3, -0.25) is 9.59 Å². The van der Waals surface area contributed by atoms with E-state index in [-0.39, 0.29) is 17.9 Å². The number of carbonyl (C=O) groups excluding carboxylic acids is 2. The van der Waals surface area contributed by atoms with Crippen molar-refractivity contribution in [1.29, 1.82) is 0 Å². The number of carbonyl (C=O) groups is 2. The zero-order valence-corrected chi connectivity index (χ0v) is 14.3. The number of hydrogen-bond acceptors (Lipinski definition) is 2. The van der Waals surface area contributed by atoms with Crippen LogP contribution < -0.4 is 5.32 Å². The highest BCUT2D eigenvalue weighted by Crippen LogP contribution is 2.23. The summed E-state index contributed by atoms with van der Waals surface area (Å²) in [5.74, 6) is 0.0872. The number of rotatable bonds is 6. The highest BCUT2D eigenvalue weighted by Gasteiger charge is 2.23. The maximum atomic E-state index is 12.2. The Hall–Kier alpha value is -1.84. The third-order valence-corrected chi connectivity index (χ3v) is 4.68. The van der Waals surface area contributed by atoms with Crippen LogP contribution in [0.2, 0.25) is 0 Å². The van der Waals surface area contributed by atoms with E-state index in [4.69, 9.17) is 0 Å². The second-order valence-corrected chi connectivity index (χ2v) is 6.45. The molecule has 2 amide bonds. The lowest BCUT2D eigenvalue weighted by molar-refractivity contribution is -0.132. The summed E-state index contributed by atoms with van der Waals surface area (Å²) in [5.41, 5.74) is 1.09. The zero-order chi connectivity index (χ0) is 16.7. The average molecular weight is 316 g/mol. The Balaban J connectivity index is 1.82. The molecule has 1 aromatic rings. The van der Waals surface area contributed by atoms with Crippen LogP contribution in [0.25, 0.3) is 0 Å². The molecule has 1 atom stereocenters. The summed E-state index contributed by atoms with van der Waals surface area (Å²) in [6.45, 7) is 4.11. The van der Waals surface area contributed by atoms with E-state index >= 15 is 0 Å². The van der Waals surface area contributed by atoms with Crippen molar-refractivity contribution in [3.8, 4) is 0 Å². The maximum Gasteiger partial charge on any atom is 0.222 e. The van der Waals surface area contributed by atoms with Gasteiger partial charge in [-0.2, -0.15) is 0 Å². The second kappa shape index (κ2) is 8.70. The van der Waals surface area contributed by atoms with Crippen molar-refractivity contribution in [2.75, 3.05) is 6.54 Å². The van der Waals surface area contributed by atoms with Gasteiger partial charge in [-0.15, -0.1) is 0 Å². The van der Waals surface area contributed by atoms with Gasteiger partial charge in [0.05, 0.1) is 6.04 Å². The molecule has 0 heterocycles. The molecule has 1 aromatic carbocycles. The molecule has 126 valence electrons. The first-order valence-electron chi connectivity index (χ1n) is 8.69. The van der Waals surface area contributed by atoms with Gasteiger partial charge in [0.15, 0.2) is 0 Å². The average Bonchev–Trinajstić information content (AvgIpc) is 2.56. The normalized spacial score (nSPS) is 16.6. The summed E-state index contributed by atoms with van der Waals surface area (Å²) in [4.78, 5) is 26.0. The van der Waals surface area contributed by atoms with Gasteiger partial charge in [-0.25, -0.2) is 0 Å². The molecule has 0 spiro atoms. The molecule has 1 N–H and O–H groups in total. The number of nitrogens with one attached hydrogen (secondary N) is 1. The molecule has 4 nitrogen and oxygen atoms in total. The smallest absolute Gasteiger partial charge is 0.222 e. The van der Waals surface area contributed by atoms with Crippen LogP contribution in [0.1, 0.15) is 64.0 Å². The van der Waals surface area contributed by atoms with E-state index in [0.29, 0.717) is 19.0 Å². The first kappa shape index (κ1) is 17.5. The fourth-order valence-corrected chi connectivity index (χ4v) is 3.35. The molecule has 0 saturated heterocycles. The van der Waals surface area contributed by atoms with E-state index in [1.54, 1.807) is 6.92 Å². The molecule has 4 heteroatoms. The van der Waals surface area contributed by atoms with Crippen LogP contribution in [0, 0.1) is 0 Å². The van der Waals surface area contributed by atoms with Crippen LogP contribution in [-0.4, -0.2) is 29.3 Å². The van der Waals surface area contributed by atoms with Crippen molar-refractivity contribution in [2.45, 2.75) is 64.5 Å². The van der Waals surface area contributed by atoms with E-state index in [2.05, 4.69) is 5.32 Å². The zero-order valence-electron chi connectivity index (χ0n) is 14.3. The van der Waals surface area contributed by atoms with Gasteiger partial charge in [0.1, 0.15) is 0 Å². The molecule has 1 fully saturated rings. The Bertz CT molecular complexity index is 509. The summed E-state index contributed by atoms with van der Waals surface area (Å²) >= 11 is 0. The lowest BCUT2D eigenvalue weighted by atomic mass is 9.94. The largest absolute Gasteiger partial charge is 0.350 e. The lowest BCUT2D eigenvalue weighted by Crippen LogP contribution is -2.42. The molecule has 0 radical (unpaired) electrons. The van der Waals surface area contributed by atoms with Gasteiger partial charge < -0.3 is 10.2 Å². The van der Waals surface area contributed by atoms with Crippen molar-refractivity contribution in [3.05, 3.63) is 35.9 Å².